The Bertz CT molecular complexity index is 3690. The predicted molar refractivity (Wildman–Crippen MR) is 264 cm³/mol. The Morgan fingerprint density at radius 3 is 1.58 bits per heavy atom. The molecule has 0 atom stereocenters. The highest BCUT2D eigenvalue weighted by molar-refractivity contribution is 6.16. The van der Waals surface area contributed by atoms with E-state index >= 15 is 0 Å². The third-order valence-corrected chi connectivity index (χ3v) is 12.5. The van der Waals surface area contributed by atoms with Crippen molar-refractivity contribution in [2.75, 3.05) is 0 Å². The maximum absolute atomic E-state index is 8.38. The van der Waals surface area contributed by atoms with E-state index in [1.54, 1.807) is 0 Å². The molecular formula is C60H36N4. The molecule has 0 unspecified atom stereocenters. The van der Waals surface area contributed by atoms with Crippen molar-refractivity contribution in [1.82, 2.24) is 15.0 Å². The van der Waals surface area contributed by atoms with Crippen molar-refractivity contribution in [3.63, 3.8) is 0 Å². The Kier molecular flexibility index (Phi) is 8.84. The zero-order valence-corrected chi connectivity index (χ0v) is 34.6. The molecule has 12 rings (SSSR count). The van der Waals surface area contributed by atoms with Gasteiger partial charge in [0.2, 0.25) is 0 Å². The summed E-state index contributed by atoms with van der Waals surface area (Å²) in [6.07, 6.45) is 0. The summed E-state index contributed by atoms with van der Waals surface area (Å²) in [5.41, 5.74) is 16.8. The number of aromatic nitrogens is 3. The molecule has 1 aromatic heterocycles. The van der Waals surface area contributed by atoms with Gasteiger partial charge >= 0.3 is 0 Å². The summed E-state index contributed by atoms with van der Waals surface area (Å²) in [4.78, 5) is 19.3. The van der Waals surface area contributed by atoms with E-state index in [2.05, 4.69) is 175 Å². The van der Waals surface area contributed by atoms with E-state index < -0.39 is 0 Å². The summed E-state index contributed by atoms with van der Waals surface area (Å²) in [6, 6.07) is 76.2. The molecule has 0 N–H and O–H groups in total. The predicted octanol–water partition coefficient (Wildman–Crippen LogP) is 16.0. The maximum Gasteiger partial charge on any atom is 0.195 e. The second kappa shape index (κ2) is 15.3. The van der Waals surface area contributed by atoms with Crippen LogP contribution in [0.25, 0.3) is 127 Å². The van der Waals surface area contributed by atoms with Crippen molar-refractivity contribution in [2.24, 2.45) is 0 Å². The number of fused-ring (bicyclic) bond motifs is 4. The van der Waals surface area contributed by atoms with Gasteiger partial charge in [-0.1, -0.05) is 188 Å². The molecule has 1 aliphatic rings. The van der Waals surface area contributed by atoms with E-state index in [0.29, 0.717) is 23.2 Å². The highest BCUT2D eigenvalue weighted by Gasteiger charge is 2.23. The van der Waals surface area contributed by atoms with Gasteiger partial charge in [-0.2, -0.15) is 0 Å². The normalized spacial score (nSPS) is 11.4. The Morgan fingerprint density at radius 2 is 0.797 bits per heavy atom. The van der Waals surface area contributed by atoms with Crippen molar-refractivity contribution < 1.29 is 0 Å². The molecule has 4 heteroatoms. The van der Waals surface area contributed by atoms with Gasteiger partial charge in [-0.15, -0.1) is 0 Å². The van der Waals surface area contributed by atoms with Gasteiger partial charge in [0.1, 0.15) is 0 Å². The van der Waals surface area contributed by atoms with E-state index in [0.717, 1.165) is 72.0 Å². The highest BCUT2D eigenvalue weighted by Crippen LogP contribution is 2.49. The minimum absolute atomic E-state index is 0.600. The second-order valence-corrected chi connectivity index (χ2v) is 16.2. The van der Waals surface area contributed by atoms with E-state index in [1.807, 2.05) is 48.5 Å². The third-order valence-electron chi connectivity index (χ3n) is 12.5. The smallest absolute Gasteiger partial charge is 0.195 e. The molecule has 0 radical (unpaired) electrons. The van der Waals surface area contributed by atoms with Crippen LogP contribution < -0.4 is 0 Å². The number of hydrogen-bond acceptors (Lipinski definition) is 3. The highest BCUT2D eigenvalue weighted by atomic mass is 15.0. The summed E-state index contributed by atoms with van der Waals surface area (Å²) < 4.78 is 0. The van der Waals surface area contributed by atoms with Gasteiger partial charge in [-0.3, -0.25) is 0 Å². The molecule has 0 saturated carbocycles. The van der Waals surface area contributed by atoms with Gasteiger partial charge in [0, 0.05) is 16.7 Å². The van der Waals surface area contributed by atoms with Crippen LogP contribution in [0.3, 0.4) is 0 Å². The molecule has 296 valence electrons. The van der Waals surface area contributed by atoms with Crippen molar-refractivity contribution in [1.29, 1.82) is 0 Å². The Morgan fingerprint density at radius 1 is 0.281 bits per heavy atom. The summed E-state index contributed by atoms with van der Waals surface area (Å²) in [7, 11) is 0. The summed E-state index contributed by atoms with van der Waals surface area (Å²) in [5.74, 6) is 1.85. The Labute approximate surface area is 371 Å². The summed E-state index contributed by atoms with van der Waals surface area (Å²) >= 11 is 0. The average Bonchev–Trinajstić information content (AvgIpc) is 3.70. The molecule has 0 bridgehead atoms. The first-order chi connectivity index (χ1) is 31.7. The molecule has 4 nitrogen and oxygen atoms in total. The van der Waals surface area contributed by atoms with Crippen molar-refractivity contribution in [3.8, 4) is 101 Å². The lowest BCUT2D eigenvalue weighted by atomic mass is 9.90. The fraction of sp³-hybridized carbons (Fsp3) is 0. The van der Waals surface area contributed by atoms with Crippen molar-refractivity contribution >= 4 is 27.2 Å². The van der Waals surface area contributed by atoms with Crippen LogP contribution in [-0.4, -0.2) is 15.0 Å². The molecule has 64 heavy (non-hydrogen) atoms. The first kappa shape index (κ1) is 37.0. The minimum Gasteiger partial charge on any atom is -0.237 e. The van der Waals surface area contributed by atoms with E-state index in [-0.39, 0.29) is 0 Å². The quantitative estimate of drug-likeness (QED) is 0.151. The number of hydrogen-bond donors (Lipinski definition) is 0. The minimum atomic E-state index is 0.600. The largest absolute Gasteiger partial charge is 0.237 e. The lowest BCUT2D eigenvalue weighted by molar-refractivity contribution is 1.08. The molecule has 1 heterocycles. The fourth-order valence-electron chi connectivity index (χ4n) is 9.46. The molecule has 0 amide bonds. The lowest BCUT2D eigenvalue weighted by Gasteiger charge is -2.15. The lowest BCUT2D eigenvalue weighted by Crippen LogP contribution is -2.00. The number of rotatable bonds is 7. The van der Waals surface area contributed by atoms with Crippen molar-refractivity contribution in [2.45, 2.75) is 0 Å². The second-order valence-electron chi connectivity index (χ2n) is 16.2. The standard InChI is InChI=1S/C60H36N4/c1-61-56-37-43(48-25-7-8-26-49(48)46-35-44-22-14-29-53-51-27-9-10-28-52(51)55(36-46)57(44)53)31-32-50(56)42-21-11-19-40(33-42)41-20-12-23-45(34-41)59-62-58(39-16-3-2-4-17-39)63-60(64-59)54-30-13-18-38-15-5-6-24-47(38)54/h2-37H. The van der Waals surface area contributed by atoms with E-state index in [4.69, 9.17) is 21.5 Å². The van der Waals surface area contributed by atoms with Gasteiger partial charge in [0.05, 0.1) is 6.57 Å². The van der Waals surface area contributed by atoms with Gasteiger partial charge < -0.3 is 0 Å². The molecule has 0 saturated heterocycles. The molecule has 0 aliphatic heterocycles. The van der Waals surface area contributed by atoms with Crippen LogP contribution in [0.1, 0.15) is 0 Å². The van der Waals surface area contributed by atoms with Crippen LogP contribution in [0.2, 0.25) is 0 Å². The van der Waals surface area contributed by atoms with Crippen LogP contribution >= 0.6 is 0 Å². The zero-order chi connectivity index (χ0) is 42.6. The zero-order valence-electron chi connectivity index (χ0n) is 34.6. The fourth-order valence-corrected chi connectivity index (χ4v) is 9.46. The first-order valence-corrected chi connectivity index (χ1v) is 21.5. The average molecular weight is 813 g/mol. The van der Waals surface area contributed by atoms with E-state index in [9.17, 15) is 0 Å². The molecular weight excluding hydrogens is 777 g/mol. The SMILES string of the molecule is [C-]#[N+]c1cc(-c2ccccc2-c2cc3c4c(cccc4c2)-c2ccccc2-3)ccc1-c1cccc(-c2cccc(-c3nc(-c4ccccc4)nc(-c4cccc5ccccc45)n3)c2)c1. The van der Waals surface area contributed by atoms with Crippen LogP contribution in [0, 0.1) is 6.57 Å². The summed E-state index contributed by atoms with van der Waals surface area (Å²) in [6.45, 7) is 8.38. The molecule has 1 aliphatic carbocycles. The Hall–Kier alpha value is -8.78. The maximum atomic E-state index is 8.38. The molecule has 11 aromatic rings. The first-order valence-electron chi connectivity index (χ1n) is 21.5. The van der Waals surface area contributed by atoms with Crippen LogP contribution in [-0.2, 0) is 0 Å². The topological polar surface area (TPSA) is 43.0 Å². The van der Waals surface area contributed by atoms with Crippen LogP contribution in [0.4, 0.5) is 5.69 Å². The van der Waals surface area contributed by atoms with Crippen molar-refractivity contribution in [3.05, 3.63) is 230 Å². The van der Waals surface area contributed by atoms with Gasteiger partial charge in [-0.05, 0) is 119 Å². The number of benzene rings is 10. The molecule has 0 spiro atoms. The summed E-state index contributed by atoms with van der Waals surface area (Å²) in [5, 5.41) is 4.76. The Balaban J connectivity index is 0.905. The molecule has 0 fully saturated rings. The molecule has 10 aromatic carbocycles. The monoisotopic (exact) mass is 812 g/mol. The van der Waals surface area contributed by atoms with Gasteiger partial charge in [0.15, 0.2) is 23.2 Å². The third kappa shape index (κ3) is 6.35. The van der Waals surface area contributed by atoms with Gasteiger partial charge in [0.25, 0.3) is 0 Å². The van der Waals surface area contributed by atoms with E-state index in [1.165, 1.54) is 33.0 Å². The van der Waals surface area contributed by atoms with Gasteiger partial charge in [-0.25, -0.2) is 19.8 Å². The number of nitrogens with zero attached hydrogens (tertiary/aromatic N) is 4. The van der Waals surface area contributed by atoms with Crippen LogP contribution in [0.15, 0.2) is 218 Å². The van der Waals surface area contributed by atoms with Crippen LogP contribution in [0.5, 0.6) is 0 Å².